The molecule has 12 heavy (non-hydrogen) atoms. The molecule has 0 spiro atoms. The molecular formula is C10H14OS. The van der Waals surface area contributed by atoms with E-state index in [2.05, 4.69) is 19.1 Å². The Labute approximate surface area is 77.0 Å². The minimum absolute atomic E-state index is 0.152. The molecule has 0 aliphatic heterocycles. The zero-order valence-electron chi connectivity index (χ0n) is 7.34. The molecule has 1 fully saturated rings. The number of aliphatic hydroxyl groups excluding tert-OH is 1. The maximum Gasteiger partial charge on any atom is 0.0535 e. The van der Waals surface area contributed by atoms with E-state index in [0.29, 0.717) is 6.61 Å². The Morgan fingerprint density at radius 2 is 2.25 bits per heavy atom. The van der Waals surface area contributed by atoms with Gasteiger partial charge in [-0.25, -0.2) is 0 Å². The predicted octanol–water partition coefficient (Wildman–Crippen LogP) is 2.47. The summed E-state index contributed by atoms with van der Waals surface area (Å²) in [4.78, 5) is 2.73. The van der Waals surface area contributed by atoms with Crippen LogP contribution in [0.1, 0.15) is 29.0 Å². The van der Waals surface area contributed by atoms with Gasteiger partial charge in [0.15, 0.2) is 0 Å². The summed E-state index contributed by atoms with van der Waals surface area (Å²) in [5.74, 6) is 0. The van der Waals surface area contributed by atoms with Crippen LogP contribution in [0.25, 0.3) is 0 Å². The Bertz CT molecular complexity index is 268. The summed E-state index contributed by atoms with van der Waals surface area (Å²) in [5.41, 5.74) is 0.152. The number of aliphatic hydroxyl groups is 1. The molecule has 1 heterocycles. The summed E-state index contributed by atoms with van der Waals surface area (Å²) in [6, 6.07) is 4.32. The van der Waals surface area contributed by atoms with Gasteiger partial charge in [-0.15, -0.1) is 11.3 Å². The molecule has 1 aromatic rings. The van der Waals surface area contributed by atoms with Gasteiger partial charge >= 0.3 is 0 Å². The molecule has 2 heteroatoms. The van der Waals surface area contributed by atoms with Crippen molar-refractivity contribution >= 4 is 11.3 Å². The van der Waals surface area contributed by atoms with Crippen molar-refractivity contribution in [2.75, 3.05) is 6.61 Å². The minimum Gasteiger partial charge on any atom is -0.395 e. The van der Waals surface area contributed by atoms with Crippen molar-refractivity contribution in [1.29, 1.82) is 0 Å². The van der Waals surface area contributed by atoms with Crippen LogP contribution in [0.3, 0.4) is 0 Å². The lowest BCUT2D eigenvalue weighted by Crippen LogP contribution is -2.36. The second kappa shape index (κ2) is 2.86. The Hall–Kier alpha value is -0.340. The lowest BCUT2D eigenvalue weighted by molar-refractivity contribution is 0.123. The van der Waals surface area contributed by atoms with E-state index < -0.39 is 0 Å². The highest BCUT2D eigenvalue weighted by Gasteiger charge is 2.38. The molecule has 1 saturated carbocycles. The maximum absolute atomic E-state index is 9.31. The van der Waals surface area contributed by atoms with E-state index in [1.165, 1.54) is 29.0 Å². The number of rotatable bonds is 2. The van der Waals surface area contributed by atoms with Gasteiger partial charge in [-0.1, -0.05) is 6.42 Å². The first-order chi connectivity index (χ1) is 5.77. The normalized spacial score (nSPS) is 20.5. The topological polar surface area (TPSA) is 20.2 Å². The van der Waals surface area contributed by atoms with E-state index in [-0.39, 0.29) is 5.41 Å². The Morgan fingerprint density at radius 1 is 1.50 bits per heavy atom. The molecule has 1 aliphatic rings. The molecule has 0 aromatic carbocycles. The number of hydrogen-bond donors (Lipinski definition) is 1. The summed E-state index contributed by atoms with van der Waals surface area (Å²) in [5, 5.41) is 9.31. The zero-order chi connectivity index (χ0) is 8.60. The average molecular weight is 182 g/mol. The van der Waals surface area contributed by atoms with Crippen LogP contribution in [0.2, 0.25) is 0 Å². The molecule has 0 radical (unpaired) electrons. The molecule has 1 aliphatic carbocycles. The van der Waals surface area contributed by atoms with Crippen molar-refractivity contribution in [3.8, 4) is 0 Å². The summed E-state index contributed by atoms with van der Waals surface area (Å²) < 4.78 is 0. The first-order valence-electron chi connectivity index (χ1n) is 4.45. The summed E-state index contributed by atoms with van der Waals surface area (Å²) in [6.07, 6.45) is 3.62. The van der Waals surface area contributed by atoms with Gasteiger partial charge in [-0.2, -0.15) is 0 Å². The summed E-state index contributed by atoms with van der Waals surface area (Å²) >= 11 is 1.84. The summed E-state index contributed by atoms with van der Waals surface area (Å²) in [7, 11) is 0. The van der Waals surface area contributed by atoms with Crippen LogP contribution >= 0.6 is 11.3 Å². The lowest BCUT2D eigenvalue weighted by atomic mass is 9.68. The molecule has 0 unspecified atom stereocenters. The van der Waals surface area contributed by atoms with Gasteiger partial charge in [-0.05, 0) is 31.9 Å². The monoisotopic (exact) mass is 182 g/mol. The van der Waals surface area contributed by atoms with Crippen molar-refractivity contribution in [2.24, 2.45) is 0 Å². The van der Waals surface area contributed by atoms with Gasteiger partial charge in [0.1, 0.15) is 0 Å². The van der Waals surface area contributed by atoms with Gasteiger partial charge in [0.05, 0.1) is 6.61 Å². The van der Waals surface area contributed by atoms with Crippen molar-refractivity contribution < 1.29 is 5.11 Å². The van der Waals surface area contributed by atoms with Crippen molar-refractivity contribution in [1.82, 2.24) is 0 Å². The van der Waals surface area contributed by atoms with Gasteiger partial charge in [0.2, 0.25) is 0 Å². The second-order valence-electron chi connectivity index (χ2n) is 3.70. The van der Waals surface area contributed by atoms with Crippen LogP contribution in [-0.2, 0) is 5.41 Å². The second-order valence-corrected chi connectivity index (χ2v) is 4.99. The molecule has 1 nitrogen and oxygen atoms in total. The third-order valence-electron chi connectivity index (χ3n) is 2.88. The molecule has 0 saturated heterocycles. The van der Waals surface area contributed by atoms with Gasteiger partial charge in [0, 0.05) is 15.2 Å². The first kappa shape index (κ1) is 8.27. The van der Waals surface area contributed by atoms with Crippen LogP contribution in [-0.4, -0.2) is 11.7 Å². The highest BCUT2D eigenvalue weighted by molar-refractivity contribution is 7.12. The third kappa shape index (κ3) is 1.10. The number of aryl methyl sites for hydroxylation is 1. The third-order valence-corrected chi connectivity index (χ3v) is 4.12. The van der Waals surface area contributed by atoms with Gasteiger partial charge < -0.3 is 5.11 Å². The van der Waals surface area contributed by atoms with Gasteiger partial charge in [-0.3, -0.25) is 0 Å². The standard InChI is InChI=1S/C10H14OS/c1-8-3-4-9(12-8)10(7-11)5-2-6-10/h3-4,11H,2,5-7H2,1H3. The Balaban J connectivity index is 2.27. The molecule has 0 amide bonds. The van der Waals surface area contributed by atoms with E-state index in [1.807, 2.05) is 11.3 Å². The molecule has 1 N–H and O–H groups in total. The van der Waals surface area contributed by atoms with Gasteiger partial charge in [0.25, 0.3) is 0 Å². The quantitative estimate of drug-likeness (QED) is 0.745. The lowest BCUT2D eigenvalue weighted by Gasteiger charge is -2.39. The highest BCUT2D eigenvalue weighted by Crippen LogP contribution is 2.45. The molecule has 0 bridgehead atoms. The van der Waals surface area contributed by atoms with E-state index in [9.17, 15) is 5.11 Å². The number of thiophene rings is 1. The fraction of sp³-hybridized carbons (Fsp3) is 0.600. The predicted molar refractivity (Wildman–Crippen MR) is 51.7 cm³/mol. The van der Waals surface area contributed by atoms with Crippen LogP contribution < -0.4 is 0 Å². The average Bonchev–Trinajstić information content (AvgIpc) is 2.35. The zero-order valence-corrected chi connectivity index (χ0v) is 8.16. The van der Waals surface area contributed by atoms with E-state index >= 15 is 0 Å². The van der Waals surface area contributed by atoms with E-state index in [1.54, 1.807) is 0 Å². The van der Waals surface area contributed by atoms with Crippen molar-refractivity contribution in [2.45, 2.75) is 31.6 Å². The van der Waals surface area contributed by atoms with Crippen molar-refractivity contribution in [3.05, 3.63) is 21.9 Å². The van der Waals surface area contributed by atoms with Crippen LogP contribution in [0, 0.1) is 6.92 Å². The smallest absolute Gasteiger partial charge is 0.0535 e. The molecule has 66 valence electrons. The van der Waals surface area contributed by atoms with Crippen LogP contribution in [0.5, 0.6) is 0 Å². The van der Waals surface area contributed by atoms with Crippen LogP contribution in [0.15, 0.2) is 12.1 Å². The largest absolute Gasteiger partial charge is 0.395 e. The number of hydrogen-bond acceptors (Lipinski definition) is 2. The molecule has 2 rings (SSSR count). The highest BCUT2D eigenvalue weighted by atomic mass is 32.1. The fourth-order valence-corrected chi connectivity index (χ4v) is 2.91. The first-order valence-corrected chi connectivity index (χ1v) is 5.26. The molecule has 0 atom stereocenters. The summed E-state index contributed by atoms with van der Waals surface area (Å²) in [6.45, 7) is 2.45. The Kier molecular flexibility index (Phi) is 1.97. The van der Waals surface area contributed by atoms with E-state index in [0.717, 1.165) is 0 Å². The van der Waals surface area contributed by atoms with E-state index in [4.69, 9.17) is 0 Å². The molecular weight excluding hydrogens is 168 g/mol. The van der Waals surface area contributed by atoms with Crippen molar-refractivity contribution in [3.63, 3.8) is 0 Å². The Morgan fingerprint density at radius 3 is 2.58 bits per heavy atom. The van der Waals surface area contributed by atoms with Crippen LogP contribution in [0.4, 0.5) is 0 Å². The maximum atomic E-state index is 9.31. The minimum atomic E-state index is 0.152. The molecule has 1 aromatic heterocycles. The fourth-order valence-electron chi connectivity index (χ4n) is 1.81. The SMILES string of the molecule is Cc1ccc(C2(CO)CCC2)s1.